The molecule has 2 aromatic heterocycles. The predicted octanol–water partition coefficient (Wildman–Crippen LogP) is 6.67. The van der Waals surface area contributed by atoms with E-state index in [0.717, 1.165) is 41.8 Å². The first kappa shape index (κ1) is 19.2. The lowest BCUT2D eigenvalue weighted by atomic mass is 10.0. The Labute approximate surface area is 175 Å². The molecular weight excluding hydrogens is 374 g/mol. The Morgan fingerprint density at radius 1 is 1.07 bits per heavy atom. The van der Waals surface area contributed by atoms with Crippen molar-refractivity contribution < 1.29 is 0 Å². The Balaban J connectivity index is 1.46. The summed E-state index contributed by atoms with van der Waals surface area (Å²) in [6, 6.07) is 19.0. The number of nitrogens with zero attached hydrogens (tertiary/aromatic N) is 1. The third-order valence-corrected chi connectivity index (χ3v) is 5.84. The van der Waals surface area contributed by atoms with E-state index in [0.29, 0.717) is 5.82 Å². The van der Waals surface area contributed by atoms with Crippen LogP contribution in [-0.4, -0.2) is 4.98 Å². The number of fused-ring (bicyclic) bond motifs is 1. The Kier molecular flexibility index (Phi) is 5.63. The van der Waals surface area contributed by atoms with Crippen molar-refractivity contribution in [2.45, 2.75) is 26.2 Å². The average molecular weight is 400 g/mol. The third kappa shape index (κ3) is 4.49. The summed E-state index contributed by atoms with van der Waals surface area (Å²) in [4.78, 5) is 4.05. The SMILES string of the molecule is C=C(Cc1cc(CCC)c2ccsc2c1)Nc1ccc(-c2ccnc(N)c2)cc1. The predicted molar refractivity (Wildman–Crippen MR) is 126 cm³/mol. The van der Waals surface area contributed by atoms with Gasteiger partial charge in [-0.1, -0.05) is 38.1 Å². The number of thiophene rings is 1. The average Bonchev–Trinajstić information content (AvgIpc) is 3.17. The molecule has 0 aliphatic carbocycles. The fraction of sp³-hybridized carbons (Fsp3) is 0.160. The second-order valence-corrected chi connectivity index (χ2v) is 8.24. The molecule has 2 aromatic carbocycles. The number of anilines is 2. The molecule has 0 bridgehead atoms. The van der Waals surface area contributed by atoms with Crippen LogP contribution in [0.25, 0.3) is 21.2 Å². The van der Waals surface area contributed by atoms with Crippen LogP contribution in [0.4, 0.5) is 11.5 Å². The fourth-order valence-corrected chi connectivity index (χ4v) is 4.55. The Morgan fingerprint density at radius 3 is 2.66 bits per heavy atom. The highest BCUT2D eigenvalue weighted by atomic mass is 32.1. The zero-order valence-corrected chi connectivity index (χ0v) is 17.4. The minimum absolute atomic E-state index is 0.531. The minimum atomic E-state index is 0.531. The topological polar surface area (TPSA) is 50.9 Å². The first-order valence-corrected chi connectivity index (χ1v) is 10.8. The molecule has 0 aliphatic rings. The lowest BCUT2D eigenvalue weighted by molar-refractivity contribution is 0.927. The lowest BCUT2D eigenvalue weighted by Crippen LogP contribution is -2.02. The molecule has 0 radical (unpaired) electrons. The Bertz CT molecular complexity index is 1140. The van der Waals surface area contributed by atoms with Gasteiger partial charge in [-0.05, 0) is 75.8 Å². The zero-order chi connectivity index (χ0) is 20.2. The summed E-state index contributed by atoms with van der Waals surface area (Å²) in [5, 5.41) is 7.02. The van der Waals surface area contributed by atoms with Gasteiger partial charge in [0.15, 0.2) is 0 Å². The highest BCUT2D eigenvalue weighted by molar-refractivity contribution is 7.17. The van der Waals surface area contributed by atoms with Gasteiger partial charge in [0.25, 0.3) is 0 Å². The number of allylic oxidation sites excluding steroid dienone is 1. The summed E-state index contributed by atoms with van der Waals surface area (Å²) < 4.78 is 1.36. The molecule has 4 heteroatoms. The molecule has 0 atom stereocenters. The van der Waals surface area contributed by atoms with Gasteiger partial charge in [0.2, 0.25) is 0 Å². The summed E-state index contributed by atoms with van der Waals surface area (Å²) in [7, 11) is 0. The highest BCUT2D eigenvalue weighted by Crippen LogP contribution is 2.28. The van der Waals surface area contributed by atoms with Crippen LogP contribution in [0.3, 0.4) is 0 Å². The smallest absolute Gasteiger partial charge is 0.123 e. The summed E-state index contributed by atoms with van der Waals surface area (Å²) in [5.41, 5.74) is 12.7. The number of rotatable bonds is 7. The molecule has 3 N–H and O–H groups in total. The molecule has 0 saturated heterocycles. The van der Waals surface area contributed by atoms with Crippen LogP contribution in [0.5, 0.6) is 0 Å². The standard InChI is InChI=1S/C25H25N3S/c1-3-4-21-14-18(15-24-23(21)10-12-29-24)13-17(2)28-22-7-5-19(6-8-22)20-9-11-27-25(26)16-20/h5-12,14-16,28H,2-4,13H2,1H3,(H2,26,27). The van der Waals surface area contributed by atoms with Crippen molar-refractivity contribution in [3.63, 3.8) is 0 Å². The van der Waals surface area contributed by atoms with Gasteiger partial charge in [-0.2, -0.15) is 0 Å². The summed E-state index contributed by atoms with van der Waals surface area (Å²) in [6.45, 7) is 6.48. The van der Waals surface area contributed by atoms with Crippen LogP contribution < -0.4 is 11.1 Å². The first-order chi connectivity index (χ1) is 14.1. The van der Waals surface area contributed by atoms with Crippen molar-refractivity contribution in [1.82, 2.24) is 4.98 Å². The maximum atomic E-state index is 5.79. The number of hydrogen-bond donors (Lipinski definition) is 2. The molecule has 2 heterocycles. The zero-order valence-electron chi connectivity index (χ0n) is 16.6. The van der Waals surface area contributed by atoms with E-state index in [1.165, 1.54) is 21.2 Å². The maximum Gasteiger partial charge on any atom is 0.123 e. The summed E-state index contributed by atoms with van der Waals surface area (Å²) in [6.07, 6.45) is 4.81. The molecule has 146 valence electrons. The van der Waals surface area contributed by atoms with Gasteiger partial charge in [0.1, 0.15) is 5.82 Å². The number of nitrogens with two attached hydrogens (primary N) is 1. The lowest BCUT2D eigenvalue weighted by Gasteiger charge is -2.12. The van der Waals surface area contributed by atoms with Gasteiger partial charge < -0.3 is 11.1 Å². The van der Waals surface area contributed by atoms with E-state index >= 15 is 0 Å². The largest absolute Gasteiger partial charge is 0.384 e. The maximum absolute atomic E-state index is 5.79. The number of nitrogen functional groups attached to an aromatic ring is 1. The van der Waals surface area contributed by atoms with Crippen LogP contribution in [-0.2, 0) is 12.8 Å². The third-order valence-electron chi connectivity index (χ3n) is 4.97. The molecule has 29 heavy (non-hydrogen) atoms. The summed E-state index contributed by atoms with van der Waals surface area (Å²) in [5.74, 6) is 0.531. The quantitative estimate of drug-likeness (QED) is 0.365. The van der Waals surface area contributed by atoms with Gasteiger partial charge >= 0.3 is 0 Å². The fourth-order valence-electron chi connectivity index (χ4n) is 3.66. The van der Waals surface area contributed by atoms with Crippen molar-refractivity contribution in [1.29, 1.82) is 0 Å². The molecule has 0 aliphatic heterocycles. The monoisotopic (exact) mass is 399 g/mol. The minimum Gasteiger partial charge on any atom is -0.384 e. The van der Waals surface area contributed by atoms with Crippen LogP contribution in [0, 0.1) is 0 Å². The number of aromatic nitrogens is 1. The van der Waals surface area contributed by atoms with E-state index in [4.69, 9.17) is 5.73 Å². The molecule has 4 rings (SSSR count). The van der Waals surface area contributed by atoms with E-state index < -0.39 is 0 Å². The van der Waals surface area contributed by atoms with Crippen molar-refractivity contribution in [2.75, 3.05) is 11.1 Å². The van der Waals surface area contributed by atoms with Crippen molar-refractivity contribution in [3.05, 3.63) is 89.6 Å². The van der Waals surface area contributed by atoms with E-state index in [-0.39, 0.29) is 0 Å². The Hall–Kier alpha value is -3.11. The van der Waals surface area contributed by atoms with Crippen molar-refractivity contribution in [3.8, 4) is 11.1 Å². The van der Waals surface area contributed by atoms with Gasteiger partial charge in [0.05, 0.1) is 0 Å². The molecule has 0 spiro atoms. The molecule has 4 aromatic rings. The van der Waals surface area contributed by atoms with Crippen molar-refractivity contribution >= 4 is 32.9 Å². The van der Waals surface area contributed by atoms with Crippen LogP contribution >= 0.6 is 11.3 Å². The van der Waals surface area contributed by atoms with Crippen LogP contribution in [0.2, 0.25) is 0 Å². The number of hydrogen-bond acceptors (Lipinski definition) is 4. The Morgan fingerprint density at radius 2 is 1.90 bits per heavy atom. The van der Waals surface area contributed by atoms with Gasteiger partial charge in [-0.25, -0.2) is 4.98 Å². The second-order valence-electron chi connectivity index (χ2n) is 7.29. The molecule has 0 amide bonds. The van der Waals surface area contributed by atoms with Crippen LogP contribution in [0.15, 0.2) is 78.5 Å². The number of pyridine rings is 1. The van der Waals surface area contributed by atoms with Gasteiger partial charge in [0, 0.05) is 28.7 Å². The molecule has 0 fully saturated rings. The first-order valence-electron chi connectivity index (χ1n) is 9.88. The molecular formula is C25H25N3S. The van der Waals surface area contributed by atoms with Gasteiger partial charge in [-0.15, -0.1) is 11.3 Å². The summed E-state index contributed by atoms with van der Waals surface area (Å²) >= 11 is 1.81. The highest BCUT2D eigenvalue weighted by Gasteiger charge is 2.07. The number of benzene rings is 2. The van der Waals surface area contributed by atoms with E-state index in [2.05, 4.69) is 71.6 Å². The van der Waals surface area contributed by atoms with Gasteiger partial charge in [-0.3, -0.25) is 0 Å². The van der Waals surface area contributed by atoms with Crippen molar-refractivity contribution in [2.24, 2.45) is 0 Å². The van der Waals surface area contributed by atoms with E-state index in [1.54, 1.807) is 6.20 Å². The normalized spacial score (nSPS) is 10.9. The molecule has 3 nitrogen and oxygen atoms in total. The van der Waals surface area contributed by atoms with E-state index in [1.807, 2.05) is 23.5 Å². The number of aryl methyl sites for hydroxylation is 1. The van der Waals surface area contributed by atoms with E-state index in [9.17, 15) is 0 Å². The molecule has 0 saturated carbocycles. The molecule has 0 unspecified atom stereocenters. The number of nitrogens with one attached hydrogen (secondary N) is 1. The van der Waals surface area contributed by atoms with Crippen LogP contribution in [0.1, 0.15) is 24.5 Å². The second kappa shape index (κ2) is 8.50.